The van der Waals surface area contributed by atoms with Crippen LogP contribution in [-0.2, 0) is 6.61 Å². The molecule has 4 heteroatoms. The van der Waals surface area contributed by atoms with Gasteiger partial charge in [-0.25, -0.2) is 4.39 Å². The summed E-state index contributed by atoms with van der Waals surface area (Å²) in [5.41, 5.74) is 3.58. The van der Waals surface area contributed by atoms with Crippen molar-refractivity contribution < 1.29 is 9.50 Å². The van der Waals surface area contributed by atoms with Crippen molar-refractivity contribution in [1.82, 2.24) is 4.57 Å². The molecule has 2 rings (SSSR count). The van der Waals surface area contributed by atoms with Crippen molar-refractivity contribution in [2.24, 2.45) is 0 Å². The minimum atomic E-state index is -0.430. The van der Waals surface area contributed by atoms with E-state index in [0.717, 1.165) is 22.6 Å². The van der Waals surface area contributed by atoms with Gasteiger partial charge in [0.15, 0.2) is 0 Å². The van der Waals surface area contributed by atoms with Crippen molar-refractivity contribution in [3.05, 3.63) is 52.1 Å². The molecule has 2 aromatic rings. The second kappa shape index (κ2) is 4.51. The lowest BCUT2D eigenvalue weighted by molar-refractivity contribution is 0.281. The van der Waals surface area contributed by atoms with E-state index in [4.69, 9.17) is 11.6 Å². The molecule has 0 atom stereocenters. The van der Waals surface area contributed by atoms with E-state index in [1.165, 1.54) is 6.07 Å². The Balaban J connectivity index is 2.60. The molecule has 0 aliphatic carbocycles. The summed E-state index contributed by atoms with van der Waals surface area (Å²) in [6, 6.07) is 6.50. The molecule has 2 nitrogen and oxygen atoms in total. The Hall–Kier alpha value is -1.32. The minimum Gasteiger partial charge on any atom is -0.392 e. The van der Waals surface area contributed by atoms with E-state index >= 15 is 0 Å². The van der Waals surface area contributed by atoms with Crippen molar-refractivity contribution in [2.75, 3.05) is 0 Å². The van der Waals surface area contributed by atoms with Crippen LogP contribution in [0.25, 0.3) is 5.69 Å². The topological polar surface area (TPSA) is 25.2 Å². The standard InChI is InChI=1S/C13H13ClFNO/c1-8-5-10(7-17)9(2)16(8)11-3-4-13(15)12(14)6-11/h3-6,17H,7H2,1-2H3. The molecule has 0 saturated carbocycles. The largest absolute Gasteiger partial charge is 0.392 e. The average Bonchev–Trinajstić information content (AvgIpc) is 2.58. The number of hydrogen-bond donors (Lipinski definition) is 1. The minimum absolute atomic E-state index is 0.00536. The Morgan fingerprint density at radius 1 is 1.29 bits per heavy atom. The Bertz CT molecular complexity index is 563. The van der Waals surface area contributed by atoms with Crippen LogP contribution in [0.15, 0.2) is 24.3 Å². The third-order valence-electron chi connectivity index (χ3n) is 2.87. The molecule has 0 radical (unpaired) electrons. The van der Waals surface area contributed by atoms with Gasteiger partial charge in [-0.1, -0.05) is 11.6 Å². The van der Waals surface area contributed by atoms with Crippen LogP contribution >= 0.6 is 11.6 Å². The zero-order chi connectivity index (χ0) is 12.6. The Morgan fingerprint density at radius 3 is 2.53 bits per heavy atom. The molecule has 0 bridgehead atoms. The van der Waals surface area contributed by atoms with Gasteiger partial charge >= 0.3 is 0 Å². The van der Waals surface area contributed by atoms with Crippen molar-refractivity contribution in [2.45, 2.75) is 20.5 Å². The molecular formula is C13H13ClFNO. The quantitative estimate of drug-likeness (QED) is 0.872. The zero-order valence-corrected chi connectivity index (χ0v) is 10.4. The lowest BCUT2D eigenvalue weighted by atomic mass is 10.2. The van der Waals surface area contributed by atoms with E-state index in [1.807, 2.05) is 24.5 Å². The van der Waals surface area contributed by atoms with Crippen LogP contribution in [0.1, 0.15) is 17.0 Å². The zero-order valence-electron chi connectivity index (χ0n) is 9.67. The summed E-state index contributed by atoms with van der Waals surface area (Å²) in [4.78, 5) is 0. The molecule has 1 aromatic carbocycles. The normalized spacial score (nSPS) is 10.9. The molecule has 0 spiro atoms. The van der Waals surface area contributed by atoms with E-state index in [1.54, 1.807) is 12.1 Å². The molecule has 0 amide bonds. The number of hydrogen-bond acceptors (Lipinski definition) is 1. The van der Waals surface area contributed by atoms with Crippen molar-refractivity contribution in [3.8, 4) is 5.69 Å². The SMILES string of the molecule is Cc1cc(CO)c(C)n1-c1ccc(F)c(Cl)c1. The highest BCUT2D eigenvalue weighted by atomic mass is 35.5. The molecular weight excluding hydrogens is 241 g/mol. The number of benzene rings is 1. The number of halogens is 2. The van der Waals surface area contributed by atoms with Gasteiger partial charge in [-0.15, -0.1) is 0 Å². The van der Waals surface area contributed by atoms with E-state index < -0.39 is 5.82 Å². The number of aliphatic hydroxyl groups is 1. The van der Waals surface area contributed by atoms with Gasteiger partial charge in [0.1, 0.15) is 5.82 Å². The highest BCUT2D eigenvalue weighted by molar-refractivity contribution is 6.30. The molecule has 1 aromatic heterocycles. The van der Waals surface area contributed by atoms with E-state index in [2.05, 4.69) is 0 Å². The Labute approximate surface area is 104 Å². The first-order valence-electron chi connectivity index (χ1n) is 5.28. The van der Waals surface area contributed by atoms with E-state index in [9.17, 15) is 9.50 Å². The Kier molecular flexibility index (Phi) is 3.22. The maximum absolute atomic E-state index is 13.1. The molecule has 17 heavy (non-hydrogen) atoms. The van der Waals surface area contributed by atoms with Gasteiger partial charge in [0, 0.05) is 17.1 Å². The van der Waals surface area contributed by atoms with Crippen molar-refractivity contribution in [3.63, 3.8) is 0 Å². The van der Waals surface area contributed by atoms with Crippen LogP contribution < -0.4 is 0 Å². The predicted molar refractivity (Wildman–Crippen MR) is 66.1 cm³/mol. The van der Waals surface area contributed by atoms with Crippen LogP contribution in [0.2, 0.25) is 5.02 Å². The summed E-state index contributed by atoms with van der Waals surface area (Å²) in [6.45, 7) is 3.84. The van der Waals surface area contributed by atoms with E-state index in [0.29, 0.717) is 0 Å². The monoisotopic (exact) mass is 253 g/mol. The fraction of sp³-hybridized carbons (Fsp3) is 0.231. The van der Waals surface area contributed by atoms with Gasteiger partial charge in [0.2, 0.25) is 0 Å². The van der Waals surface area contributed by atoms with Gasteiger partial charge in [-0.3, -0.25) is 0 Å². The summed E-state index contributed by atoms with van der Waals surface area (Å²) >= 11 is 5.77. The lowest BCUT2D eigenvalue weighted by Gasteiger charge is -2.10. The highest BCUT2D eigenvalue weighted by Crippen LogP contribution is 2.24. The first-order chi connectivity index (χ1) is 8.04. The first kappa shape index (κ1) is 12.1. The second-order valence-corrected chi connectivity index (χ2v) is 4.40. The van der Waals surface area contributed by atoms with Crippen molar-refractivity contribution in [1.29, 1.82) is 0 Å². The van der Waals surface area contributed by atoms with Crippen LogP contribution in [0.3, 0.4) is 0 Å². The van der Waals surface area contributed by atoms with Crippen LogP contribution in [0, 0.1) is 19.7 Å². The average molecular weight is 254 g/mol. The summed E-state index contributed by atoms with van der Waals surface area (Å²) in [7, 11) is 0. The fourth-order valence-electron chi connectivity index (χ4n) is 2.01. The number of aliphatic hydroxyl groups excluding tert-OH is 1. The molecule has 0 fully saturated rings. The van der Waals surface area contributed by atoms with Gasteiger partial charge in [-0.2, -0.15) is 0 Å². The van der Waals surface area contributed by atoms with Crippen LogP contribution in [-0.4, -0.2) is 9.67 Å². The van der Waals surface area contributed by atoms with Gasteiger partial charge < -0.3 is 9.67 Å². The molecule has 0 aliphatic heterocycles. The third kappa shape index (κ3) is 2.08. The van der Waals surface area contributed by atoms with Gasteiger partial charge in [-0.05, 0) is 43.7 Å². The molecule has 90 valence electrons. The maximum atomic E-state index is 13.1. The number of aryl methyl sites for hydroxylation is 1. The van der Waals surface area contributed by atoms with E-state index in [-0.39, 0.29) is 11.6 Å². The van der Waals surface area contributed by atoms with Gasteiger partial charge in [0.25, 0.3) is 0 Å². The summed E-state index contributed by atoms with van der Waals surface area (Å²) in [5.74, 6) is -0.430. The second-order valence-electron chi connectivity index (χ2n) is 3.99. The smallest absolute Gasteiger partial charge is 0.141 e. The molecule has 1 heterocycles. The lowest BCUT2D eigenvalue weighted by Crippen LogP contribution is -2.00. The molecule has 0 saturated heterocycles. The number of aromatic nitrogens is 1. The number of rotatable bonds is 2. The van der Waals surface area contributed by atoms with Crippen LogP contribution in [0.5, 0.6) is 0 Å². The highest BCUT2D eigenvalue weighted by Gasteiger charge is 2.11. The fourth-order valence-corrected chi connectivity index (χ4v) is 2.19. The summed E-state index contributed by atoms with van der Waals surface area (Å²) in [5, 5.41) is 9.30. The summed E-state index contributed by atoms with van der Waals surface area (Å²) in [6.07, 6.45) is 0. The maximum Gasteiger partial charge on any atom is 0.141 e. The summed E-state index contributed by atoms with van der Waals surface area (Å²) < 4.78 is 15.0. The van der Waals surface area contributed by atoms with Gasteiger partial charge in [0.05, 0.1) is 11.6 Å². The molecule has 0 aliphatic rings. The third-order valence-corrected chi connectivity index (χ3v) is 3.16. The van der Waals surface area contributed by atoms with Crippen LogP contribution in [0.4, 0.5) is 4.39 Å². The first-order valence-corrected chi connectivity index (χ1v) is 5.66. The van der Waals surface area contributed by atoms with Crippen molar-refractivity contribution >= 4 is 11.6 Å². The molecule has 0 unspecified atom stereocenters. The Morgan fingerprint density at radius 2 is 2.00 bits per heavy atom. The molecule has 1 N–H and O–H groups in total. The number of nitrogens with zero attached hydrogens (tertiary/aromatic N) is 1. The predicted octanol–water partition coefficient (Wildman–Crippen LogP) is 3.38.